The van der Waals surface area contributed by atoms with E-state index in [-0.39, 0.29) is 11.5 Å². The van der Waals surface area contributed by atoms with Crippen LogP contribution in [0.5, 0.6) is 5.75 Å². The number of carbonyl (C=O) groups excluding carboxylic acids is 1. The Balaban J connectivity index is 1.65. The molecular weight excluding hydrogens is 428 g/mol. The van der Waals surface area contributed by atoms with Crippen LogP contribution in [-0.4, -0.2) is 32.7 Å². The average molecular weight is 444 g/mol. The van der Waals surface area contributed by atoms with Gasteiger partial charge in [-0.05, 0) is 25.1 Å². The van der Waals surface area contributed by atoms with E-state index in [0.29, 0.717) is 22.7 Å². The van der Waals surface area contributed by atoms with Crippen molar-refractivity contribution in [1.29, 1.82) is 0 Å². The van der Waals surface area contributed by atoms with Gasteiger partial charge in [-0.2, -0.15) is 17.6 Å². The van der Waals surface area contributed by atoms with E-state index in [1.54, 1.807) is 41.1 Å². The summed E-state index contributed by atoms with van der Waals surface area (Å²) < 4.78 is 57.1. The monoisotopic (exact) mass is 444 g/mol. The van der Waals surface area contributed by atoms with Gasteiger partial charge in [0.2, 0.25) is 0 Å². The van der Waals surface area contributed by atoms with Crippen molar-refractivity contribution < 1.29 is 27.1 Å². The number of rotatable bonds is 7. The van der Waals surface area contributed by atoms with Crippen LogP contribution in [0, 0.1) is 0 Å². The summed E-state index contributed by atoms with van der Waals surface area (Å²) in [6.45, 7) is 1.48. The number of aromatic nitrogens is 3. The quantitative estimate of drug-likeness (QED) is 0.298. The summed E-state index contributed by atoms with van der Waals surface area (Å²) >= 11 is 0. The molecule has 6 nitrogen and oxygen atoms in total. The van der Waals surface area contributed by atoms with Crippen LogP contribution in [0.15, 0.2) is 67.1 Å². The van der Waals surface area contributed by atoms with Crippen molar-refractivity contribution in [3.63, 3.8) is 0 Å². The number of nitrogens with one attached hydrogen (secondary N) is 1. The number of ketones is 1. The molecule has 164 valence electrons. The molecule has 0 unspecified atom stereocenters. The van der Waals surface area contributed by atoms with E-state index in [2.05, 4.69) is 20.0 Å². The van der Waals surface area contributed by atoms with Crippen molar-refractivity contribution in [1.82, 2.24) is 14.4 Å². The van der Waals surface area contributed by atoms with E-state index in [9.17, 15) is 22.4 Å². The summed E-state index contributed by atoms with van der Waals surface area (Å²) in [6.07, 6.45) is -3.75. The van der Waals surface area contributed by atoms with E-state index in [4.69, 9.17) is 0 Å². The van der Waals surface area contributed by atoms with E-state index in [1.807, 2.05) is 6.07 Å². The predicted molar refractivity (Wildman–Crippen MR) is 110 cm³/mol. The summed E-state index contributed by atoms with van der Waals surface area (Å²) in [6, 6.07) is 12.3. The number of hydrogen-bond donors (Lipinski definition) is 1. The molecule has 0 aliphatic carbocycles. The second-order valence-corrected chi connectivity index (χ2v) is 6.87. The second-order valence-electron chi connectivity index (χ2n) is 6.87. The fourth-order valence-corrected chi connectivity index (χ4v) is 3.09. The molecule has 0 radical (unpaired) electrons. The summed E-state index contributed by atoms with van der Waals surface area (Å²) in [5.41, 5.74) is 2.76. The van der Waals surface area contributed by atoms with E-state index < -0.39 is 18.3 Å². The van der Waals surface area contributed by atoms with Gasteiger partial charge in [0.15, 0.2) is 17.2 Å². The third kappa shape index (κ3) is 4.25. The van der Waals surface area contributed by atoms with Crippen molar-refractivity contribution in [2.75, 3.05) is 5.32 Å². The minimum atomic E-state index is -4.61. The van der Waals surface area contributed by atoms with Crippen molar-refractivity contribution in [2.24, 2.45) is 0 Å². The molecule has 0 bridgehead atoms. The first-order chi connectivity index (χ1) is 15.2. The molecule has 1 N–H and O–H groups in total. The van der Waals surface area contributed by atoms with Crippen LogP contribution >= 0.6 is 0 Å². The predicted octanol–water partition coefficient (Wildman–Crippen LogP) is 5.58. The fraction of sp³-hybridized carbons (Fsp3) is 0.136. The number of carbonyl (C=O) groups is 1. The lowest BCUT2D eigenvalue weighted by atomic mass is 10.1. The Labute approximate surface area is 179 Å². The van der Waals surface area contributed by atoms with Crippen LogP contribution in [0.1, 0.15) is 17.3 Å². The fourth-order valence-electron chi connectivity index (χ4n) is 3.09. The number of nitrogens with zero attached hydrogens (tertiary/aromatic N) is 3. The number of anilines is 2. The van der Waals surface area contributed by atoms with Crippen molar-refractivity contribution >= 4 is 22.9 Å². The highest BCUT2D eigenvalue weighted by molar-refractivity contribution is 5.95. The van der Waals surface area contributed by atoms with Crippen LogP contribution in [0.4, 0.5) is 29.1 Å². The van der Waals surface area contributed by atoms with E-state index in [0.717, 1.165) is 17.7 Å². The molecule has 2 heterocycles. The van der Waals surface area contributed by atoms with Gasteiger partial charge in [-0.3, -0.25) is 9.20 Å². The highest BCUT2D eigenvalue weighted by Gasteiger charge is 2.44. The Hall–Kier alpha value is -3.95. The first kappa shape index (κ1) is 21.3. The summed E-state index contributed by atoms with van der Waals surface area (Å²) in [7, 11) is 0. The lowest BCUT2D eigenvalue weighted by Gasteiger charge is -2.17. The van der Waals surface area contributed by atoms with E-state index in [1.165, 1.54) is 19.2 Å². The minimum absolute atomic E-state index is 0.0655. The van der Waals surface area contributed by atoms with Gasteiger partial charge >= 0.3 is 12.5 Å². The molecular formula is C22H16F4N4O2. The molecule has 0 fully saturated rings. The number of fused-ring (bicyclic) bond motifs is 1. The van der Waals surface area contributed by atoms with Crippen LogP contribution < -0.4 is 10.1 Å². The zero-order chi connectivity index (χ0) is 22.9. The minimum Gasteiger partial charge on any atom is -0.428 e. The molecule has 32 heavy (non-hydrogen) atoms. The first-order valence-corrected chi connectivity index (χ1v) is 9.40. The molecule has 2 aromatic heterocycles. The number of alkyl halides is 4. The topological polar surface area (TPSA) is 68.5 Å². The van der Waals surface area contributed by atoms with Crippen molar-refractivity contribution in [3.05, 3.63) is 72.7 Å². The molecule has 0 saturated carbocycles. The summed E-state index contributed by atoms with van der Waals surface area (Å²) in [4.78, 5) is 20.3. The maximum Gasteiger partial charge on any atom is 0.461 e. The SMILES string of the molecule is CC(=O)c1cccc(-c2cnc3c(Nc4cccc(OC(F)(F)C(F)F)c4)nccn23)c1. The highest BCUT2D eigenvalue weighted by Crippen LogP contribution is 2.30. The number of imidazole rings is 1. The standard InChI is InChI=1S/C22H16F4N4O2/c1-13(31)14-4-2-5-15(10-14)18-12-28-20-19(27-8-9-30(18)20)29-16-6-3-7-17(11-16)32-22(25,26)21(23)24/h2-12,21H,1H3,(H,27,29). The zero-order valence-electron chi connectivity index (χ0n) is 16.6. The molecule has 0 aliphatic rings. The Bertz CT molecular complexity index is 1290. The van der Waals surface area contributed by atoms with E-state index >= 15 is 0 Å². The Morgan fingerprint density at radius 1 is 1.12 bits per heavy atom. The van der Waals surface area contributed by atoms with Gasteiger partial charge in [-0.1, -0.05) is 24.3 Å². The number of hydrogen-bond acceptors (Lipinski definition) is 5. The Morgan fingerprint density at radius 2 is 1.91 bits per heavy atom. The van der Waals surface area contributed by atoms with Gasteiger partial charge in [-0.15, -0.1) is 0 Å². The van der Waals surface area contributed by atoms with Crippen LogP contribution in [-0.2, 0) is 0 Å². The maximum atomic E-state index is 13.2. The summed E-state index contributed by atoms with van der Waals surface area (Å²) in [5.74, 6) is -0.194. The Kier molecular flexibility index (Phi) is 5.52. The smallest absolute Gasteiger partial charge is 0.428 e. The van der Waals surface area contributed by atoms with Crippen molar-refractivity contribution in [2.45, 2.75) is 19.5 Å². The molecule has 0 atom stereocenters. The average Bonchev–Trinajstić information content (AvgIpc) is 3.19. The molecule has 0 saturated heterocycles. The molecule has 0 spiro atoms. The number of ether oxygens (including phenoxy) is 1. The molecule has 4 rings (SSSR count). The van der Waals surface area contributed by atoms with Gasteiger partial charge in [0.05, 0.1) is 11.9 Å². The van der Waals surface area contributed by atoms with Gasteiger partial charge in [0, 0.05) is 35.3 Å². The van der Waals surface area contributed by atoms with Crippen LogP contribution in [0.25, 0.3) is 16.9 Å². The second kappa shape index (κ2) is 8.29. The van der Waals surface area contributed by atoms with Gasteiger partial charge in [0.25, 0.3) is 0 Å². The van der Waals surface area contributed by atoms with Crippen LogP contribution in [0.3, 0.4) is 0 Å². The molecule has 0 amide bonds. The number of Topliss-reactive ketones (excluding diaryl/α,β-unsaturated/α-hetero) is 1. The molecule has 0 aliphatic heterocycles. The zero-order valence-corrected chi connectivity index (χ0v) is 16.6. The molecule has 10 heteroatoms. The van der Waals surface area contributed by atoms with Crippen molar-refractivity contribution in [3.8, 4) is 17.0 Å². The largest absolute Gasteiger partial charge is 0.461 e. The number of benzene rings is 2. The Morgan fingerprint density at radius 3 is 2.66 bits per heavy atom. The third-order valence-corrected chi connectivity index (χ3v) is 4.60. The van der Waals surface area contributed by atoms with Gasteiger partial charge in [-0.25, -0.2) is 9.97 Å². The first-order valence-electron chi connectivity index (χ1n) is 9.40. The van der Waals surface area contributed by atoms with Gasteiger partial charge in [0.1, 0.15) is 5.75 Å². The highest BCUT2D eigenvalue weighted by atomic mass is 19.3. The number of halogens is 4. The third-order valence-electron chi connectivity index (χ3n) is 4.60. The molecule has 4 aromatic rings. The van der Waals surface area contributed by atoms with Crippen LogP contribution in [0.2, 0.25) is 0 Å². The maximum absolute atomic E-state index is 13.2. The normalized spacial score (nSPS) is 11.7. The lowest BCUT2D eigenvalue weighted by Crippen LogP contribution is -2.33. The lowest BCUT2D eigenvalue weighted by molar-refractivity contribution is -0.253. The van der Waals surface area contributed by atoms with Gasteiger partial charge < -0.3 is 10.1 Å². The molecule has 2 aromatic carbocycles. The summed E-state index contributed by atoms with van der Waals surface area (Å²) in [5, 5.41) is 2.94.